The van der Waals surface area contributed by atoms with Crippen LogP contribution in [0.5, 0.6) is 0 Å². The van der Waals surface area contributed by atoms with E-state index in [9.17, 15) is 9.18 Å². The van der Waals surface area contributed by atoms with E-state index in [-0.39, 0.29) is 5.91 Å². The van der Waals surface area contributed by atoms with Crippen molar-refractivity contribution in [3.8, 4) is 0 Å². The number of carbonyl (C=O) groups is 1. The van der Waals surface area contributed by atoms with E-state index < -0.39 is 5.82 Å². The molecule has 1 aromatic rings. The van der Waals surface area contributed by atoms with Crippen LogP contribution in [0.4, 0.5) is 10.2 Å². The Balaban J connectivity index is 1.90. The highest BCUT2D eigenvalue weighted by Gasteiger charge is 2.17. The third-order valence-corrected chi connectivity index (χ3v) is 3.87. The number of halogens is 2. The second-order valence-corrected chi connectivity index (χ2v) is 5.59. The van der Waals surface area contributed by atoms with Crippen molar-refractivity contribution in [3.63, 3.8) is 0 Å². The van der Waals surface area contributed by atoms with Crippen molar-refractivity contribution >= 4 is 27.7 Å². The Labute approximate surface area is 114 Å². The largest absolute Gasteiger partial charge is 0.310 e. The smallest absolute Gasteiger partial charge is 0.225 e. The molecular weight excluding hydrogens is 299 g/mol. The van der Waals surface area contributed by atoms with Crippen LogP contribution >= 0.6 is 15.9 Å². The van der Waals surface area contributed by atoms with Crippen LogP contribution in [0, 0.1) is 11.7 Å². The summed E-state index contributed by atoms with van der Waals surface area (Å²) in [5, 5.41) is 2.72. The monoisotopic (exact) mass is 314 g/mol. The number of rotatable bonds is 3. The van der Waals surface area contributed by atoms with Crippen molar-refractivity contribution in [2.24, 2.45) is 5.92 Å². The molecule has 0 saturated heterocycles. The second-order valence-electron chi connectivity index (χ2n) is 4.74. The minimum atomic E-state index is -0.424. The molecule has 1 aliphatic carbocycles. The van der Waals surface area contributed by atoms with Crippen molar-refractivity contribution in [2.45, 2.75) is 38.5 Å². The van der Waals surface area contributed by atoms with Crippen molar-refractivity contribution in [3.05, 3.63) is 22.6 Å². The van der Waals surface area contributed by atoms with Crippen molar-refractivity contribution < 1.29 is 9.18 Å². The van der Waals surface area contributed by atoms with Crippen molar-refractivity contribution in [1.29, 1.82) is 0 Å². The Morgan fingerprint density at radius 2 is 2.17 bits per heavy atom. The van der Waals surface area contributed by atoms with Crippen LogP contribution in [0.25, 0.3) is 0 Å². The fourth-order valence-corrected chi connectivity index (χ4v) is 2.76. The van der Waals surface area contributed by atoms with Gasteiger partial charge in [0.15, 0.2) is 0 Å². The van der Waals surface area contributed by atoms with Gasteiger partial charge in [-0.1, -0.05) is 19.3 Å². The number of hydrogen-bond donors (Lipinski definition) is 1. The van der Waals surface area contributed by atoms with Gasteiger partial charge >= 0.3 is 0 Å². The molecule has 5 heteroatoms. The summed E-state index contributed by atoms with van der Waals surface area (Å²) in [5.41, 5.74) is 0. The summed E-state index contributed by atoms with van der Waals surface area (Å²) in [7, 11) is 0. The first-order valence-electron chi connectivity index (χ1n) is 6.26. The van der Waals surface area contributed by atoms with Gasteiger partial charge in [0.2, 0.25) is 5.91 Å². The Morgan fingerprint density at radius 3 is 2.83 bits per heavy atom. The molecule has 0 aromatic carbocycles. The highest BCUT2D eigenvalue weighted by molar-refractivity contribution is 9.10. The number of carbonyl (C=O) groups excluding carboxylic acids is 1. The van der Waals surface area contributed by atoms with Gasteiger partial charge in [0.1, 0.15) is 11.6 Å². The first-order valence-corrected chi connectivity index (χ1v) is 7.05. The van der Waals surface area contributed by atoms with Crippen LogP contribution in [0.3, 0.4) is 0 Å². The Kier molecular flexibility index (Phi) is 4.69. The molecule has 1 amide bonds. The molecule has 1 fully saturated rings. The van der Waals surface area contributed by atoms with E-state index in [4.69, 9.17) is 0 Å². The van der Waals surface area contributed by atoms with Crippen LogP contribution in [0.2, 0.25) is 0 Å². The molecule has 1 aliphatic rings. The van der Waals surface area contributed by atoms with Crippen LogP contribution < -0.4 is 5.32 Å². The lowest BCUT2D eigenvalue weighted by Crippen LogP contribution is -2.19. The summed E-state index contributed by atoms with van der Waals surface area (Å²) in [6.07, 6.45) is 7.61. The first-order chi connectivity index (χ1) is 8.65. The minimum absolute atomic E-state index is 0.0401. The quantitative estimate of drug-likeness (QED) is 0.919. The predicted octanol–water partition coefficient (Wildman–Crippen LogP) is 3.89. The summed E-state index contributed by atoms with van der Waals surface area (Å²) in [4.78, 5) is 15.7. The van der Waals surface area contributed by atoms with Gasteiger partial charge in [-0.05, 0) is 40.8 Å². The predicted molar refractivity (Wildman–Crippen MR) is 71.7 cm³/mol. The zero-order chi connectivity index (χ0) is 13.0. The van der Waals surface area contributed by atoms with Gasteiger partial charge in [0, 0.05) is 6.42 Å². The lowest BCUT2D eigenvalue weighted by atomic mass is 9.87. The number of aromatic nitrogens is 1. The van der Waals surface area contributed by atoms with E-state index in [1.54, 1.807) is 0 Å². The van der Waals surface area contributed by atoms with Crippen LogP contribution in [-0.4, -0.2) is 10.9 Å². The molecule has 98 valence electrons. The standard InChI is InChI=1S/C13H16BrFN2O/c14-11-7-10(15)8-16-13(11)17-12(18)6-9-4-2-1-3-5-9/h7-9H,1-6H2,(H,16,17,18). The lowest BCUT2D eigenvalue weighted by Gasteiger charge is -2.20. The second kappa shape index (κ2) is 6.27. The van der Waals surface area contributed by atoms with Gasteiger partial charge < -0.3 is 5.32 Å². The summed E-state index contributed by atoms with van der Waals surface area (Å²) < 4.78 is 13.3. The third kappa shape index (κ3) is 3.77. The molecule has 1 saturated carbocycles. The lowest BCUT2D eigenvalue weighted by molar-refractivity contribution is -0.117. The Hall–Kier alpha value is -0.970. The van der Waals surface area contributed by atoms with Crippen molar-refractivity contribution in [2.75, 3.05) is 5.32 Å². The topological polar surface area (TPSA) is 42.0 Å². The van der Waals surface area contributed by atoms with Gasteiger partial charge in [-0.15, -0.1) is 0 Å². The van der Waals surface area contributed by atoms with E-state index >= 15 is 0 Å². The Morgan fingerprint density at radius 1 is 1.44 bits per heavy atom. The molecule has 2 rings (SSSR count). The van der Waals surface area contributed by atoms with Crippen LogP contribution in [-0.2, 0) is 4.79 Å². The average Bonchev–Trinajstić information content (AvgIpc) is 2.34. The van der Waals surface area contributed by atoms with Gasteiger partial charge in [-0.2, -0.15) is 0 Å². The van der Waals surface area contributed by atoms with Gasteiger partial charge in [0.05, 0.1) is 10.7 Å². The summed E-state index contributed by atoms with van der Waals surface area (Å²) in [5.74, 6) is 0.407. The Bertz CT molecular complexity index is 433. The molecule has 0 atom stereocenters. The van der Waals surface area contributed by atoms with E-state index in [2.05, 4.69) is 26.2 Å². The van der Waals surface area contributed by atoms with Gasteiger partial charge in [0.25, 0.3) is 0 Å². The molecule has 0 spiro atoms. The number of nitrogens with one attached hydrogen (secondary N) is 1. The number of nitrogens with zero attached hydrogens (tertiary/aromatic N) is 1. The molecule has 1 aromatic heterocycles. The van der Waals surface area contributed by atoms with E-state index in [0.717, 1.165) is 19.0 Å². The summed E-state index contributed by atoms with van der Waals surface area (Å²) >= 11 is 3.18. The maximum atomic E-state index is 12.9. The highest BCUT2D eigenvalue weighted by atomic mass is 79.9. The number of hydrogen-bond acceptors (Lipinski definition) is 2. The fourth-order valence-electron chi connectivity index (χ4n) is 2.34. The molecular formula is C13H16BrFN2O. The van der Waals surface area contributed by atoms with E-state index in [0.29, 0.717) is 22.6 Å². The molecule has 0 bridgehead atoms. The zero-order valence-corrected chi connectivity index (χ0v) is 11.7. The molecule has 0 aliphatic heterocycles. The zero-order valence-electron chi connectivity index (χ0n) is 10.1. The highest BCUT2D eigenvalue weighted by Crippen LogP contribution is 2.27. The molecule has 1 heterocycles. The SMILES string of the molecule is O=C(CC1CCCCC1)Nc1ncc(F)cc1Br. The third-order valence-electron chi connectivity index (χ3n) is 3.26. The molecule has 1 N–H and O–H groups in total. The fraction of sp³-hybridized carbons (Fsp3) is 0.538. The molecule has 3 nitrogen and oxygen atoms in total. The number of anilines is 1. The van der Waals surface area contributed by atoms with Gasteiger partial charge in [-0.25, -0.2) is 9.37 Å². The number of amides is 1. The molecule has 0 unspecified atom stereocenters. The maximum Gasteiger partial charge on any atom is 0.225 e. The summed E-state index contributed by atoms with van der Waals surface area (Å²) in [6.45, 7) is 0. The van der Waals surface area contributed by atoms with E-state index in [1.165, 1.54) is 25.3 Å². The minimum Gasteiger partial charge on any atom is -0.310 e. The average molecular weight is 315 g/mol. The molecule has 18 heavy (non-hydrogen) atoms. The number of pyridine rings is 1. The molecule has 0 radical (unpaired) electrons. The normalized spacial score (nSPS) is 16.6. The first kappa shape index (κ1) is 13.5. The van der Waals surface area contributed by atoms with Crippen LogP contribution in [0.15, 0.2) is 16.7 Å². The summed E-state index contributed by atoms with van der Waals surface area (Å²) in [6, 6.07) is 1.29. The van der Waals surface area contributed by atoms with Crippen LogP contribution in [0.1, 0.15) is 38.5 Å². The maximum absolute atomic E-state index is 12.9. The van der Waals surface area contributed by atoms with Crippen molar-refractivity contribution in [1.82, 2.24) is 4.98 Å². The van der Waals surface area contributed by atoms with E-state index in [1.807, 2.05) is 0 Å². The van der Waals surface area contributed by atoms with Gasteiger partial charge in [-0.3, -0.25) is 4.79 Å².